The number of benzene rings is 5. The van der Waals surface area contributed by atoms with Crippen LogP contribution in [0.3, 0.4) is 0 Å². The smallest absolute Gasteiger partial charge is 0.135 e. The number of fused-ring (bicyclic) bond motifs is 4. The molecule has 0 aliphatic heterocycles. The van der Waals surface area contributed by atoms with Crippen molar-refractivity contribution >= 4 is 44.1 Å². The summed E-state index contributed by atoms with van der Waals surface area (Å²) in [5, 5.41) is 8.33. The Morgan fingerprint density at radius 3 is 2.10 bits per heavy atom. The van der Waals surface area contributed by atoms with E-state index in [-0.39, 0.29) is 0 Å². The van der Waals surface area contributed by atoms with E-state index in [4.69, 9.17) is 4.42 Å². The van der Waals surface area contributed by atoms with Crippen molar-refractivity contribution in [2.45, 2.75) is 0 Å². The molecule has 142 valence electrons. The van der Waals surface area contributed by atoms with Gasteiger partial charge in [-0.05, 0) is 52.9 Å². The molecule has 6 aromatic rings. The van der Waals surface area contributed by atoms with Crippen molar-refractivity contribution in [3.63, 3.8) is 0 Å². The number of furan rings is 1. The Balaban J connectivity index is 1.35. The lowest BCUT2D eigenvalue weighted by atomic mass is 10.0. The monoisotopic (exact) mass is 385 g/mol. The van der Waals surface area contributed by atoms with Gasteiger partial charge < -0.3 is 9.73 Å². The van der Waals surface area contributed by atoms with Crippen LogP contribution in [0.25, 0.3) is 43.8 Å². The van der Waals surface area contributed by atoms with Crippen molar-refractivity contribution in [1.29, 1.82) is 0 Å². The van der Waals surface area contributed by atoms with E-state index >= 15 is 0 Å². The zero-order chi connectivity index (χ0) is 19.9. The van der Waals surface area contributed by atoms with Gasteiger partial charge in [0.15, 0.2) is 0 Å². The molecule has 0 saturated heterocycles. The van der Waals surface area contributed by atoms with Gasteiger partial charge in [-0.3, -0.25) is 0 Å². The first kappa shape index (κ1) is 16.9. The predicted octanol–water partition coefficient (Wildman–Crippen LogP) is 8.15. The van der Waals surface area contributed by atoms with E-state index in [9.17, 15) is 0 Å². The van der Waals surface area contributed by atoms with Crippen molar-refractivity contribution in [3.8, 4) is 11.1 Å². The molecular formula is C28H19NO. The van der Waals surface area contributed by atoms with Gasteiger partial charge in [0.1, 0.15) is 11.2 Å². The minimum absolute atomic E-state index is 0.925. The maximum atomic E-state index is 5.95. The predicted molar refractivity (Wildman–Crippen MR) is 126 cm³/mol. The summed E-state index contributed by atoms with van der Waals surface area (Å²) in [6.45, 7) is 0. The summed E-state index contributed by atoms with van der Waals surface area (Å²) in [5.41, 5.74) is 6.42. The molecule has 0 fully saturated rings. The third-order valence-electron chi connectivity index (χ3n) is 5.66. The highest BCUT2D eigenvalue weighted by Gasteiger charge is 2.08. The third-order valence-corrected chi connectivity index (χ3v) is 5.66. The second-order valence-electron chi connectivity index (χ2n) is 7.54. The van der Waals surface area contributed by atoms with Crippen molar-refractivity contribution in [2.75, 3.05) is 5.32 Å². The number of hydrogen-bond acceptors (Lipinski definition) is 2. The maximum Gasteiger partial charge on any atom is 0.135 e. The summed E-state index contributed by atoms with van der Waals surface area (Å²) in [4.78, 5) is 0. The molecular weight excluding hydrogens is 366 g/mol. The standard InChI is InChI=1S/C28H19NO/c1-2-8-23-20(6-1)7-5-10-26(23)29-22-15-12-19(13-16-22)21-14-17-28-25(18-21)24-9-3-4-11-27(24)30-28/h1-18,29H. The fourth-order valence-electron chi connectivity index (χ4n) is 4.14. The fourth-order valence-corrected chi connectivity index (χ4v) is 4.14. The van der Waals surface area contributed by atoms with Gasteiger partial charge in [0, 0.05) is 27.5 Å². The van der Waals surface area contributed by atoms with Gasteiger partial charge in [0.25, 0.3) is 0 Å². The molecule has 0 atom stereocenters. The normalized spacial score (nSPS) is 11.3. The molecule has 0 saturated carbocycles. The number of anilines is 2. The quantitative estimate of drug-likeness (QED) is 0.332. The number of hydrogen-bond donors (Lipinski definition) is 1. The summed E-state index contributed by atoms with van der Waals surface area (Å²) in [6, 6.07) is 38.0. The first-order chi connectivity index (χ1) is 14.8. The summed E-state index contributed by atoms with van der Waals surface area (Å²) < 4.78 is 5.95. The van der Waals surface area contributed by atoms with Gasteiger partial charge >= 0.3 is 0 Å². The van der Waals surface area contributed by atoms with Gasteiger partial charge in [0.2, 0.25) is 0 Å². The largest absolute Gasteiger partial charge is 0.456 e. The lowest BCUT2D eigenvalue weighted by Crippen LogP contribution is -1.91. The molecule has 1 N–H and O–H groups in total. The van der Waals surface area contributed by atoms with Crippen molar-refractivity contribution in [2.24, 2.45) is 0 Å². The summed E-state index contributed by atoms with van der Waals surface area (Å²) in [6.07, 6.45) is 0. The molecule has 30 heavy (non-hydrogen) atoms. The van der Waals surface area contributed by atoms with E-state index in [0.717, 1.165) is 33.3 Å². The molecule has 2 nitrogen and oxygen atoms in total. The lowest BCUT2D eigenvalue weighted by molar-refractivity contribution is 0.669. The number of nitrogens with one attached hydrogen (secondary N) is 1. The topological polar surface area (TPSA) is 25.2 Å². The summed E-state index contributed by atoms with van der Waals surface area (Å²) in [7, 11) is 0. The van der Waals surface area contributed by atoms with Crippen LogP contribution in [0.1, 0.15) is 0 Å². The maximum absolute atomic E-state index is 5.95. The molecule has 0 aliphatic carbocycles. The third kappa shape index (κ3) is 2.82. The summed E-state index contributed by atoms with van der Waals surface area (Å²) >= 11 is 0. The van der Waals surface area contributed by atoms with E-state index in [0.29, 0.717) is 0 Å². The Bertz CT molecular complexity index is 1500. The first-order valence-corrected chi connectivity index (χ1v) is 10.1. The van der Waals surface area contributed by atoms with Gasteiger partial charge in [-0.15, -0.1) is 0 Å². The van der Waals surface area contributed by atoms with Gasteiger partial charge in [-0.25, -0.2) is 0 Å². The van der Waals surface area contributed by atoms with Gasteiger partial charge in [0.05, 0.1) is 0 Å². The van der Waals surface area contributed by atoms with Crippen LogP contribution in [0.5, 0.6) is 0 Å². The molecule has 0 radical (unpaired) electrons. The average molecular weight is 385 g/mol. The molecule has 5 aromatic carbocycles. The first-order valence-electron chi connectivity index (χ1n) is 10.1. The van der Waals surface area contributed by atoms with Crippen LogP contribution >= 0.6 is 0 Å². The molecule has 0 bridgehead atoms. The van der Waals surface area contributed by atoms with Crippen LogP contribution in [0.15, 0.2) is 114 Å². The zero-order valence-corrected chi connectivity index (χ0v) is 16.3. The summed E-state index contributed by atoms with van der Waals surface area (Å²) in [5.74, 6) is 0. The van der Waals surface area contributed by atoms with Crippen molar-refractivity contribution in [1.82, 2.24) is 0 Å². The minimum Gasteiger partial charge on any atom is -0.456 e. The lowest BCUT2D eigenvalue weighted by Gasteiger charge is -2.11. The van der Waals surface area contributed by atoms with Crippen molar-refractivity contribution in [3.05, 3.63) is 109 Å². The van der Waals surface area contributed by atoms with E-state index in [1.807, 2.05) is 12.1 Å². The van der Waals surface area contributed by atoms with Crippen LogP contribution < -0.4 is 5.32 Å². The zero-order valence-electron chi connectivity index (χ0n) is 16.3. The number of para-hydroxylation sites is 1. The highest BCUT2D eigenvalue weighted by molar-refractivity contribution is 6.06. The van der Waals surface area contributed by atoms with E-state index in [2.05, 4.69) is 102 Å². The van der Waals surface area contributed by atoms with Crippen LogP contribution in [-0.2, 0) is 0 Å². The molecule has 1 heterocycles. The van der Waals surface area contributed by atoms with E-state index < -0.39 is 0 Å². The number of rotatable bonds is 3. The van der Waals surface area contributed by atoms with Crippen LogP contribution in [0.2, 0.25) is 0 Å². The second-order valence-corrected chi connectivity index (χ2v) is 7.54. The van der Waals surface area contributed by atoms with Crippen molar-refractivity contribution < 1.29 is 4.42 Å². The molecule has 1 aromatic heterocycles. The Hall–Kier alpha value is -4.04. The van der Waals surface area contributed by atoms with E-state index in [1.165, 1.54) is 21.9 Å². The van der Waals surface area contributed by atoms with Crippen LogP contribution in [-0.4, -0.2) is 0 Å². The SMILES string of the molecule is c1ccc2c(Nc3ccc(-c4ccc5oc6ccccc6c5c4)cc3)cccc2c1. The Morgan fingerprint density at radius 1 is 0.500 bits per heavy atom. The Morgan fingerprint density at radius 2 is 1.20 bits per heavy atom. The van der Waals surface area contributed by atoms with Gasteiger partial charge in [-0.1, -0.05) is 72.8 Å². The average Bonchev–Trinajstić information content (AvgIpc) is 3.18. The Labute approximate surface area is 174 Å². The fraction of sp³-hybridized carbons (Fsp3) is 0. The van der Waals surface area contributed by atoms with Crippen LogP contribution in [0, 0.1) is 0 Å². The Kier molecular flexibility index (Phi) is 3.82. The molecule has 0 spiro atoms. The highest BCUT2D eigenvalue weighted by Crippen LogP contribution is 2.33. The van der Waals surface area contributed by atoms with Crippen LogP contribution in [0.4, 0.5) is 11.4 Å². The molecule has 0 aliphatic rings. The van der Waals surface area contributed by atoms with Gasteiger partial charge in [-0.2, -0.15) is 0 Å². The van der Waals surface area contributed by atoms with E-state index in [1.54, 1.807) is 0 Å². The molecule has 6 rings (SSSR count). The minimum atomic E-state index is 0.925. The second kappa shape index (κ2) is 6.78. The molecule has 0 amide bonds. The molecule has 0 unspecified atom stereocenters. The molecule has 2 heteroatoms. The highest BCUT2D eigenvalue weighted by atomic mass is 16.3.